The van der Waals surface area contributed by atoms with E-state index in [1.807, 2.05) is 0 Å². The molecule has 0 bridgehead atoms. The van der Waals surface area contributed by atoms with Crippen molar-refractivity contribution >= 4 is 15.9 Å². The summed E-state index contributed by atoms with van der Waals surface area (Å²) >= 11 is 3.69. The monoisotopic (exact) mass is 320 g/mol. The van der Waals surface area contributed by atoms with Crippen LogP contribution >= 0.6 is 15.9 Å². The highest BCUT2D eigenvalue weighted by atomic mass is 79.9. The largest absolute Gasteiger partial charge is 0.378 e. The lowest BCUT2D eigenvalue weighted by atomic mass is 9.83. The Morgan fingerprint density at radius 2 is 1.61 bits per heavy atom. The molecule has 1 rings (SSSR count). The van der Waals surface area contributed by atoms with Crippen LogP contribution in [-0.2, 0) is 9.47 Å². The molecule has 0 saturated heterocycles. The first-order valence-electron chi connectivity index (χ1n) is 7.25. The van der Waals surface area contributed by atoms with Gasteiger partial charge in [0.1, 0.15) is 0 Å². The number of hydrogen-bond donors (Lipinski definition) is 0. The second kappa shape index (κ2) is 7.86. The molecule has 0 unspecified atom stereocenters. The highest BCUT2D eigenvalue weighted by Gasteiger charge is 2.30. The second-order valence-electron chi connectivity index (χ2n) is 6.56. The van der Waals surface area contributed by atoms with Gasteiger partial charge in [-0.25, -0.2) is 0 Å². The summed E-state index contributed by atoms with van der Waals surface area (Å²) in [6.07, 6.45) is 8.10. The van der Waals surface area contributed by atoms with Gasteiger partial charge in [0.15, 0.2) is 0 Å². The molecule has 0 radical (unpaired) electrons. The zero-order valence-electron chi connectivity index (χ0n) is 12.3. The summed E-state index contributed by atoms with van der Waals surface area (Å²) in [4.78, 5) is 0. The molecule has 1 aliphatic rings. The summed E-state index contributed by atoms with van der Waals surface area (Å²) in [7, 11) is 0. The van der Waals surface area contributed by atoms with Crippen LogP contribution in [0.2, 0.25) is 0 Å². The normalized spacial score (nSPS) is 20.7. The molecule has 0 spiro atoms. The zero-order chi connectivity index (χ0) is 13.5. The third-order valence-electron chi connectivity index (χ3n) is 3.62. The third kappa shape index (κ3) is 6.53. The van der Waals surface area contributed by atoms with E-state index in [2.05, 4.69) is 36.7 Å². The molecule has 0 aromatic heterocycles. The fourth-order valence-corrected chi connectivity index (χ4v) is 3.21. The van der Waals surface area contributed by atoms with E-state index in [1.165, 1.54) is 38.5 Å². The molecule has 3 heteroatoms. The van der Waals surface area contributed by atoms with Crippen molar-refractivity contribution in [3.8, 4) is 0 Å². The van der Waals surface area contributed by atoms with Gasteiger partial charge in [0.2, 0.25) is 0 Å². The summed E-state index contributed by atoms with van der Waals surface area (Å²) in [5.74, 6) is 0. The van der Waals surface area contributed by atoms with Gasteiger partial charge in [-0.1, -0.05) is 41.6 Å². The van der Waals surface area contributed by atoms with Gasteiger partial charge in [0.25, 0.3) is 0 Å². The lowest BCUT2D eigenvalue weighted by molar-refractivity contribution is -0.0478. The van der Waals surface area contributed by atoms with Crippen LogP contribution in [0.3, 0.4) is 0 Å². The molecule has 2 nitrogen and oxygen atoms in total. The fourth-order valence-electron chi connectivity index (χ4n) is 2.49. The Labute approximate surface area is 121 Å². The van der Waals surface area contributed by atoms with Crippen molar-refractivity contribution in [2.45, 2.75) is 64.9 Å². The molecule has 1 aliphatic carbocycles. The molecule has 0 heterocycles. The van der Waals surface area contributed by atoms with Crippen LogP contribution in [0.15, 0.2) is 0 Å². The van der Waals surface area contributed by atoms with Crippen LogP contribution in [0.5, 0.6) is 0 Å². The van der Waals surface area contributed by atoms with Gasteiger partial charge in [-0.2, -0.15) is 0 Å². The Balaban J connectivity index is 2.22. The van der Waals surface area contributed by atoms with Crippen LogP contribution in [0.1, 0.15) is 59.3 Å². The van der Waals surface area contributed by atoms with E-state index in [4.69, 9.17) is 9.47 Å². The lowest BCUT2D eigenvalue weighted by Crippen LogP contribution is -2.30. The maximum Gasteiger partial charge on any atom is 0.0707 e. The van der Waals surface area contributed by atoms with Crippen LogP contribution in [-0.4, -0.2) is 30.8 Å². The number of rotatable bonds is 6. The van der Waals surface area contributed by atoms with Crippen molar-refractivity contribution < 1.29 is 9.47 Å². The van der Waals surface area contributed by atoms with E-state index in [1.54, 1.807) is 0 Å². The lowest BCUT2D eigenvalue weighted by Gasteiger charge is -2.30. The van der Waals surface area contributed by atoms with E-state index in [-0.39, 0.29) is 5.60 Å². The van der Waals surface area contributed by atoms with E-state index in [0.29, 0.717) is 18.6 Å². The van der Waals surface area contributed by atoms with Crippen LogP contribution in [0.4, 0.5) is 0 Å². The number of hydrogen-bond acceptors (Lipinski definition) is 2. The quantitative estimate of drug-likeness (QED) is 0.406. The standard InChI is InChI=1S/C15H29BrO2/c1-14(2,3)18-11-10-17-13-15(12-16)8-6-4-5-7-9-15/h4-13H2,1-3H3. The first kappa shape index (κ1) is 16.5. The Morgan fingerprint density at radius 1 is 1.00 bits per heavy atom. The molecule has 1 fully saturated rings. The summed E-state index contributed by atoms with van der Waals surface area (Å²) in [6.45, 7) is 8.54. The molecule has 1 saturated carbocycles. The molecule has 108 valence electrons. The van der Waals surface area contributed by atoms with Gasteiger partial charge in [-0.15, -0.1) is 0 Å². The van der Waals surface area contributed by atoms with Crippen molar-refractivity contribution in [3.63, 3.8) is 0 Å². The zero-order valence-corrected chi connectivity index (χ0v) is 13.9. The number of ether oxygens (including phenoxy) is 2. The minimum absolute atomic E-state index is 0.0568. The van der Waals surface area contributed by atoms with Gasteiger partial charge >= 0.3 is 0 Å². The van der Waals surface area contributed by atoms with Crippen molar-refractivity contribution in [1.29, 1.82) is 0 Å². The van der Waals surface area contributed by atoms with Crippen molar-refractivity contribution in [1.82, 2.24) is 0 Å². The van der Waals surface area contributed by atoms with Crippen molar-refractivity contribution in [2.24, 2.45) is 5.41 Å². The summed E-state index contributed by atoms with van der Waals surface area (Å²) in [5.41, 5.74) is 0.316. The summed E-state index contributed by atoms with van der Waals surface area (Å²) in [5, 5.41) is 1.07. The average molecular weight is 321 g/mol. The van der Waals surface area contributed by atoms with Gasteiger partial charge in [0, 0.05) is 10.7 Å². The number of alkyl halides is 1. The molecule has 0 aliphatic heterocycles. The Hall–Kier alpha value is 0.400. The van der Waals surface area contributed by atoms with Crippen LogP contribution in [0.25, 0.3) is 0 Å². The third-order valence-corrected chi connectivity index (χ3v) is 4.81. The summed E-state index contributed by atoms with van der Waals surface area (Å²) < 4.78 is 11.5. The van der Waals surface area contributed by atoms with Crippen LogP contribution in [0, 0.1) is 5.41 Å². The Bertz CT molecular complexity index is 215. The molecule has 0 aromatic carbocycles. The predicted octanol–water partition coefficient (Wildman–Crippen LogP) is 4.55. The topological polar surface area (TPSA) is 18.5 Å². The van der Waals surface area contributed by atoms with Gasteiger partial charge in [0.05, 0.1) is 25.4 Å². The van der Waals surface area contributed by atoms with E-state index >= 15 is 0 Å². The summed E-state index contributed by atoms with van der Waals surface area (Å²) in [6, 6.07) is 0. The maximum absolute atomic E-state index is 5.86. The maximum atomic E-state index is 5.86. The molecular weight excluding hydrogens is 292 g/mol. The van der Waals surface area contributed by atoms with E-state index < -0.39 is 0 Å². The highest BCUT2D eigenvalue weighted by molar-refractivity contribution is 9.09. The molecule has 0 N–H and O–H groups in total. The van der Waals surface area contributed by atoms with E-state index in [9.17, 15) is 0 Å². The first-order chi connectivity index (χ1) is 8.47. The van der Waals surface area contributed by atoms with Crippen molar-refractivity contribution in [2.75, 3.05) is 25.2 Å². The van der Waals surface area contributed by atoms with E-state index in [0.717, 1.165) is 11.9 Å². The van der Waals surface area contributed by atoms with Gasteiger partial charge < -0.3 is 9.47 Å². The predicted molar refractivity (Wildman–Crippen MR) is 80.5 cm³/mol. The Morgan fingerprint density at radius 3 is 2.11 bits per heavy atom. The smallest absolute Gasteiger partial charge is 0.0707 e. The molecule has 0 aromatic rings. The van der Waals surface area contributed by atoms with Gasteiger partial charge in [-0.05, 0) is 33.6 Å². The van der Waals surface area contributed by atoms with Gasteiger partial charge in [-0.3, -0.25) is 0 Å². The van der Waals surface area contributed by atoms with Crippen molar-refractivity contribution in [3.05, 3.63) is 0 Å². The minimum Gasteiger partial charge on any atom is -0.378 e. The number of halogens is 1. The molecular formula is C15H29BrO2. The fraction of sp³-hybridized carbons (Fsp3) is 1.00. The minimum atomic E-state index is -0.0568. The Kier molecular flexibility index (Phi) is 7.19. The SMILES string of the molecule is CC(C)(C)OCCOCC1(CBr)CCCCCC1. The average Bonchev–Trinajstić information content (AvgIpc) is 2.53. The first-order valence-corrected chi connectivity index (χ1v) is 8.37. The second-order valence-corrected chi connectivity index (χ2v) is 7.12. The molecule has 0 amide bonds. The molecule has 18 heavy (non-hydrogen) atoms. The molecule has 0 atom stereocenters. The highest BCUT2D eigenvalue weighted by Crippen LogP contribution is 2.36. The van der Waals surface area contributed by atoms with Crippen LogP contribution < -0.4 is 0 Å².